The van der Waals surface area contributed by atoms with Gasteiger partial charge < -0.3 is 10.2 Å². The smallest absolute Gasteiger partial charge is 0.243 e. The summed E-state index contributed by atoms with van der Waals surface area (Å²) < 4.78 is 0. The van der Waals surface area contributed by atoms with Crippen molar-refractivity contribution >= 4 is 11.8 Å². The Morgan fingerprint density at radius 2 is 1.86 bits per heavy atom. The second-order valence-electron chi connectivity index (χ2n) is 9.85. The third kappa shape index (κ3) is 4.67. The fourth-order valence-electron chi connectivity index (χ4n) is 5.38. The van der Waals surface area contributed by atoms with Crippen molar-refractivity contribution in [3.8, 4) is 0 Å². The van der Waals surface area contributed by atoms with Crippen molar-refractivity contribution in [3.05, 3.63) is 35.9 Å². The maximum Gasteiger partial charge on any atom is 0.243 e. The molecule has 0 bridgehead atoms. The number of benzene rings is 1. The van der Waals surface area contributed by atoms with Crippen LogP contribution in [0.25, 0.3) is 0 Å². The molecule has 4 unspecified atom stereocenters. The Kier molecular flexibility index (Phi) is 6.26. The first kappa shape index (κ1) is 20.4. The Balaban J connectivity index is 1.49. The molecule has 1 saturated heterocycles. The monoisotopic (exact) mass is 396 g/mol. The molecule has 4 rings (SSSR count). The van der Waals surface area contributed by atoms with E-state index in [0.717, 1.165) is 19.3 Å². The number of nitrogens with one attached hydrogen (secondary N) is 1. The Hall–Kier alpha value is -1.84. The summed E-state index contributed by atoms with van der Waals surface area (Å²) in [6.45, 7) is 5.07. The van der Waals surface area contributed by atoms with E-state index in [-0.39, 0.29) is 29.8 Å². The van der Waals surface area contributed by atoms with Crippen molar-refractivity contribution in [2.75, 3.05) is 6.54 Å². The minimum Gasteiger partial charge on any atom is -0.350 e. The van der Waals surface area contributed by atoms with E-state index < -0.39 is 0 Å². The van der Waals surface area contributed by atoms with Crippen LogP contribution in [-0.2, 0) is 9.59 Å². The summed E-state index contributed by atoms with van der Waals surface area (Å²) >= 11 is 0. The molecule has 4 atom stereocenters. The molecule has 0 spiro atoms. The summed E-state index contributed by atoms with van der Waals surface area (Å²) in [4.78, 5) is 28.6. The van der Waals surface area contributed by atoms with Crippen LogP contribution in [-0.4, -0.2) is 35.3 Å². The summed E-state index contributed by atoms with van der Waals surface area (Å²) in [5.41, 5.74) is 1.26. The van der Waals surface area contributed by atoms with Crippen LogP contribution in [0, 0.1) is 17.8 Å². The first-order valence-electron chi connectivity index (χ1n) is 11.7. The summed E-state index contributed by atoms with van der Waals surface area (Å²) in [7, 11) is 0. The lowest BCUT2D eigenvalue weighted by Crippen LogP contribution is -2.63. The molecule has 0 aromatic heterocycles. The summed E-state index contributed by atoms with van der Waals surface area (Å²) in [5.74, 6) is 1.73. The summed E-state index contributed by atoms with van der Waals surface area (Å²) in [6.07, 6.45) is 8.84. The molecule has 158 valence electrons. The number of amides is 2. The third-order valence-electron chi connectivity index (χ3n) is 7.25. The number of piperazine rings is 1. The molecule has 1 aromatic rings. The molecule has 1 heterocycles. The first-order valence-corrected chi connectivity index (χ1v) is 11.7. The maximum absolute atomic E-state index is 13.5. The fraction of sp³-hybridized carbons (Fsp3) is 0.680. The van der Waals surface area contributed by atoms with Crippen LogP contribution in [0.15, 0.2) is 30.3 Å². The van der Waals surface area contributed by atoms with E-state index in [0.29, 0.717) is 24.3 Å². The van der Waals surface area contributed by atoms with Gasteiger partial charge in [0.25, 0.3) is 0 Å². The normalized spacial score (nSPS) is 30.3. The van der Waals surface area contributed by atoms with Crippen LogP contribution in [0.4, 0.5) is 0 Å². The molecule has 1 aromatic carbocycles. The molecular weight excluding hydrogens is 360 g/mol. The van der Waals surface area contributed by atoms with Crippen LogP contribution in [0.5, 0.6) is 0 Å². The van der Waals surface area contributed by atoms with Crippen molar-refractivity contribution in [1.82, 2.24) is 10.2 Å². The van der Waals surface area contributed by atoms with Crippen LogP contribution >= 0.6 is 0 Å². The second-order valence-corrected chi connectivity index (χ2v) is 9.85. The molecule has 4 nitrogen and oxygen atoms in total. The van der Waals surface area contributed by atoms with Gasteiger partial charge in [0.05, 0.1) is 0 Å². The van der Waals surface area contributed by atoms with Crippen molar-refractivity contribution in [3.63, 3.8) is 0 Å². The Bertz CT molecular complexity index is 711. The zero-order valence-electron chi connectivity index (χ0n) is 18.0. The van der Waals surface area contributed by atoms with E-state index in [1.807, 2.05) is 23.1 Å². The Morgan fingerprint density at radius 3 is 2.55 bits per heavy atom. The highest BCUT2D eigenvalue weighted by molar-refractivity contribution is 5.91. The van der Waals surface area contributed by atoms with E-state index in [4.69, 9.17) is 0 Å². The van der Waals surface area contributed by atoms with Gasteiger partial charge in [-0.2, -0.15) is 0 Å². The second kappa shape index (κ2) is 8.89. The SMILES string of the molecule is CC(C)CCC1C(=O)NC(C2CCCCC2)CN1C(=O)C1CC1c1ccccc1. The van der Waals surface area contributed by atoms with E-state index in [9.17, 15) is 9.59 Å². The highest BCUT2D eigenvalue weighted by atomic mass is 16.2. The van der Waals surface area contributed by atoms with Crippen molar-refractivity contribution in [2.45, 2.75) is 83.2 Å². The molecule has 2 aliphatic carbocycles. The van der Waals surface area contributed by atoms with Crippen molar-refractivity contribution in [1.29, 1.82) is 0 Å². The van der Waals surface area contributed by atoms with E-state index in [1.54, 1.807) is 0 Å². The van der Waals surface area contributed by atoms with Gasteiger partial charge in [-0.1, -0.05) is 63.4 Å². The Morgan fingerprint density at radius 1 is 1.14 bits per heavy atom. The van der Waals surface area contributed by atoms with Gasteiger partial charge in [-0.15, -0.1) is 0 Å². The van der Waals surface area contributed by atoms with Gasteiger partial charge in [0.15, 0.2) is 0 Å². The average Bonchev–Trinajstić information content (AvgIpc) is 3.54. The van der Waals surface area contributed by atoms with Gasteiger partial charge in [-0.05, 0) is 55.4 Å². The molecule has 2 saturated carbocycles. The number of hydrogen-bond donors (Lipinski definition) is 1. The predicted molar refractivity (Wildman–Crippen MR) is 115 cm³/mol. The molecule has 0 radical (unpaired) electrons. The zero-order chi connectivity index (χ0) is 20.4. The largest absolute Gasteiger partial charge is 0.350 e. The lowest BCUT2D eigenvalue weighted by atomic mass is 9.82. The van der Waals surface area contributed by atoms with Crippen LogP contribution in [0.1, 0.15) is 76.7 Å². The third-order valence-corrected chi connectivity index (χ3v) is 7.25. The van der Waals surface area contributed by atoms with Gasteiger partial charge in [0.1, 0.15) is 6.04 Å². The number of carbonyl (C=O) groups excluding carboxylic acids is 2. The molecule has 29 heavy (non-hydrogen) atoms. The first-order chi connectivity index (χ1) is 14.0. The highest BCUT2D eigenvalue weighted by Gasteiger charge is 2.49. The average molecular weight is 397 g/mol. The van der Waals surface area contributed by atoms with Crippen molar-refractivity contribution in [2.24, 2.45) is 17.8 Å². The molecule has 4 heteroatoms. The highest BCUT2D eigenvalue weighted by Crippen LogP contribution is 2.49. The van der Waals surface area contributed by atoms with Crippen LogP contribution < -0.4 is 5.32 Å². The minimum absolute atomic E-state index is 0.0526. The lowest BCUT2D eigenvalue weighted by Gasteiger charge is -2.43. The van der Waals surface area contributed by atoms with Crippen LogP contribution in [0.2, 0.25) is 0 Å². The standard InChI is InChI=1S/C25H36N2O2/c1-17(2)13-14-23-24(28)26-22(19-11-7-4-8-12-19)16-27(23)25(29)21-15-20(21)18-9-5-3-6-10-18/h3,5-6,9-10,17,19-23H,4,7-8,11-16H2,1-2H3,(H,26,28). The van der Waals surface area contributed by atoms with Gasteiger partial charge in [0, 0.05) is 18.5 Å². The molecule has 1 aliphatic heterocycles. The van der Waals surface area contributed by atoms with Gasteiger partial charge in [-0.3, -0.25) is 9.59 Å². The fourth-order valence-corrected chi connectivity index (χ4v) is 5.38. The predicted octanol–water partition coefficient (Wildman–Crippen LogP) is 4.50. The molecule has 1 N–H and O–H groups in total. The summed E-state index contributed by atoms with van der Waals surface area (Å²) in [6, 6.07) is 10.2. The van der Waals surface area contributed by atoms with E-state index in [1.165, 1.54) is 37.7 Å². The molecule has 2 amide bonds. The van der Waals surface area contributed by atoms with Crippen molar-refractivity contribution < 1.29 is 9.59 Å². The quantitative estimate of drug-likeness (QED) is 0.769. The van der Waals surface area contributed by atoms with E-state index in [2.05, 4.69) is 31.3 Å². The number of rotatable bonds is 6. The maximum atomic E-state index is 13.5. The molecule has 3 aliphatic rings. The zero-order valence-corrected chi connectivity index (χ0v) is 18.0. The van der Waals surface area contributed by atoms with Gasteiger partial charge in [-0.25, -0.2) is 0 Å². The number of hydrogen-bond acceptors (Lipinski definition) is 2. The number of carbonyl (C=O) groups is 2. The number of nitrogens with zero attached hydrogens (tertiary/aromatic N) is 1. The summed E-state index contributed by atoms with van der Waals surface area (Å²) in [5, 5.41) is 3.31. The van der Waals surface area contributed by atoms with Gasteiger partial charge in [0.2, 0.25) is 11.8 Å². The van der Waals surface area contributed by atoms with Crippen LogP contribution in [0.3, 0.4) is 0 Å². The Labute approximate surface area is 175 Å². The minimum atomic E-state index is -0.290. The lowest BCUT2D eigenvalue weighted by molar-refractivity contribution is -0.147. The van der Waals surface area contributed by atoms with Gasteiger partial charge >= 0.3 is 0 Å². The van der Waals surface area contributed by atoms with E-state index >= 15 is 0 Å². The topological polar surface area (TPSA) is 49.4 Å². The molecule has 3 fully saturated rings. The molecular formula is C25H36N2O2.